The summed E-state index contributed by atoms with van der Waals surface area (Å²) in [5.74, 6) is 6.10. The van der Waals surface area contributed by atoms with Crippen molar-refractivity contribution in [3.63, 3.8) is 0 Å². The predicted octanol–water partition coefficient (Wildman–Crippen LogP) is 2.38. The lowest BCUT2D eigenvalue weighted by Gasteiger charge is -2.16. The first-order valence-electron chi connectivity index (χ1n) is 7.65. The van der Waals surface area contributed by atoms with Crippen LogP contribution in [0.15, 0.2) is 47.9 Å². The molecule has 0 amide bonds. The number of pyridine rings is 1. The number of hydrogen-bond acceptors (Lipinski definition) is 5. The Kier molecular flexibility index (Phi) is 6.36. The molecule has 4 N–H and O–H groups in total. The van der Waals surface area contributed by atoms with Gasteiger partial charge in [0.15, 0.2) is 0 Å². The highest BCUT2D eigenvalue weighted by Crippen LogP contribution is 2.30. The molecule has 132 valence electrons. The number of allylic oxidation sites excluding steroid dienone is 1. The lowest BCUT2D eigenvalue weighted by atomic mass is 10.2. The van der Waals surface area contributed by atoms with Gasteiger partial charge < -0.3 is 10.5 Å². The summed E-state index contributed by atoms with van der Waals surface area (Å²) in [4.78, 5) is 3.87. The van der Waals surface area contributed by atoms with Crippen LogP contribution in [0.2, 0.25) is 0 Å². The molecule has 1 aromatic heterocycles. The Hall–Kier alpha value is -1.90. The maximum atomic E-state index is 13.1. The molecule has 2 rings (SSSR count). The van der Waals surface area contributed by atoms with Gasteiger partial charge in [-0.1, -0.05) is 12.1 Å². The van der Waals surface area contributed by atoms with Crippen LogP contribution in [0.1, 0.15) is 12.8 Å². The summed E-state index contributed by atoms with van der Waals surface area (Å²) in [5, 5.41) is 1.57. The number of hydrazine groups is 1. The zero-order valence-corrected chi connectivity index (χ0v) is 13.2. The van der Waals surface area contributed by atoms with Crippen molar-refractivity contribution in [2.75, 3.05) is 19.6 Å². The fourth-order valence-electron chi connectivity index (χ4n) is 2.07. The van der Waals surface area contributed by atoms with E-state index >= 15 is 0 Å². The van der Waals surface area contributed by atoms with Gasteiger partial charge in [0.05, 0.1) is 5.57 Å². The van der Waals surface area contributed by atoms with Gasteiger partial charge >= 0.3 is 6.18 Å². The predicted molar refractivity (Wildman–Crippen MR) is 84.6 cm³/mol. The molecule has 0 atom stereocenters. The third-order valence-corrected chi connectivity index (χ3v) is 3.49. The van der Waals surface area contributed by atoms with Gasteiger partial charge in [-0.15, -0.1) is 0 Å². The molecule has 1 aliphatic rings. The van der Waals surface area contributed by atoms with E-state index < -0.39 is 18.3 Å². The van der Waals surface area contributed by atoms with Crippen LogP contribution in [-0.4, -0.2) is 35.8 Å². The zero-order valence-electron chi connectivity index (χ0n) is 13.2. The van der Waals surface area contributed by atoms with Gasteiger partial charge in [0.25, 0.3) is 0 Å². The minimum Gasteiger partial charge on any atom is -0.439 e. The van der Waals surface area contributed by atoms with E-state index in [9.17, 15) is 13.2 Å². The molecular formula is C16H21F3N4O. The van der Waals surface area contributed by atoms with Gasteiger partial charge in [-0.3, -0.25) is 5.84 Å². The van der Waals surface area contributed by atoms with E-state index in [1.165, 1.54) is 24.4 Å². The average Bonchev–Trinajstić information content (AvgIpc) is 3.31. The number of nitrogens with zero attached hydrogens (tertiary/aromatic N) is 2. The molecule has 0 bridgehead atoms. The molecule has 1 aliphatic carbocycles. The van der Waals surface area contributed by atoms with Crippen LogP contribution < -0.4 is 16.3 Å². The molecular weight excluding hydrogens is 321 g/mol. The van der Waals surface area contributed by atoms with E-state index in [1.807, 2.05) is 0 Å². The van der Waals surface area contributed by atoms with Crippen LogP contribution in [-0.2, 0) is 0 Å². The Morgan fingerprint density at radius 1 is 1.38 bits per heavy atom. The van der Waals surface area contributed by atoms with Crippen molar-refractivity contribution < 1.29 is 17.9 Å². The summed E-state index contributed by atoms with van der Waals surface area (Å²) in [7, 11) is 0. The van der Waals surface area contributed by atoms with E-state index in [0.29, 0.717) is 12.5 Å². The monoisotopic (exact) mass is 342 g/mol. The first-order chi connectivity index (χ1) is 11.4. The quantitative estimate of drug-likeness (QED) is 0.328. The average molecular weight is 342 g/mol. The number of rotatable bonds is 8. The molecule has 5 nitrogen and oxygen atoms in total. The zero-order chi connectivity index (χ0) is 17.6. The molecule has 24 heavy (non-hydrogen) atoms. The fourth-order valence-corrected chi connectivity index (χ4v) is 2.07. The largest absolute Gasteiger partial charge is 0.439 e. The molecule has 0 aliphatic heterocycles. The fraction of sp³-hybridized carbons (Fsp3) is 0.438. The molecule has 1 heterocycles. The molecule has 0 radical (unpaired) electrons. The van der Waals surface area contributed by atoms with Crippen LogP contribution in [0, 0.1) is 5.92 Å². The second kappa shape index (κ2) is 8.27. The number of aromatic nitrogens is 1. The number of hydrogen-bond donors (Lipinski definition) is 2. The smallest absolute Gasteiger partial charge is 0.417 e. The summed E-state index contributed by atoms with van der Waals surface area (Å²) < 4.78 is 44.7. The lowest BCUT2D eigenvalue weighted by Crippen LogP contribution is -2.33. The summed E-state index contributed by atoms with van der Waals surface area (Å²) in [6.45, 7) is 0.360. The lowest BCUT2D eigenvalue weighted by molar-refractivity contribution is -0.0943. The first-order valence-corrected chi connectivity index (χ1v) is 7.65. The SMILES string of the molecule is NC/C(=C(\C=C/CN(N)CC1CC1)Oc1ccccn1)C(F)(F)F. The summed E-state index contributed by atoms with van der Waals surface area (Å²) in [6, 6.07) is 4.74. The topological polar surface area (TPSA) is 77.4 Å². The molecule has 0 spiro atoms. The van der Waals surface area contributed by atoms with Gasteiger partial charge in [0.1, 0.15) is 5.76 Å². The highest BCUT2D eigenvalue weighted by atomic mass is 19.4. The highest BCUT2D eigenvalue weighted by molar-refractivity contribution is 5.29. The molecule has 1 saturated carbocycles. The van der Waals surface area contributed by atoms with Crippen molar-refractivity contribution in [2.45, 2.75) is 19.0 Å². The van der Waals surface area contributed by atoms with E-state index in [-0.39, 0.29) is 11.6 Å². The number of halogens is 3. The Balaban J connectivity index is 2.13. The van der Waals surface area contributed by atoms with Crippen LogP contribution in [0.3, 0.4) is 0 Å². The molecule has 0 unspecified atom stereocenters. The summed E-state index contributed by atoms with van der Waals surface area (Å²) in [6.07, 6.45) is 1.93. The van der Waals surface area contributed by atoms with Crippen molar-refractivity contribution in [3.8, 4) is 5.88 Å². The molecule has 1 fully saturated rings. The first kappa shape index (κ1) is 18.4. The van der Waals surface area contributed by atoms with Crippen LogP contribution in [0.4, 0.5) is 13.2 Å². The number of alkyl halides is 3. The third kappa shape index (κ3) is 5.95. The van der Waals surface area contributed by atoms with Gasteiger partial charge in [0.2, 0.25) is 5.88 Å². The standard InChI is InChI=1S/C16H21F3N4O/c17-16(18,19)13(10-20)14(24-15-5-1-2-8-22-15)4-3-9-23(21)11-12-6-7-12/h1-5,8,12H,6-7,9-11,20-21H2/b4-3-,14-13-. The maximum absolute atomic E-state index is 13.1. The second-order valence-electron chi connectivity index (χ2n) is 5.61. The maximum Gasteiger partial charge on any atom is 0.417 e. The van der Waals surface area contributed by atoms with E-state index in [4.69, 9.17) is 16.3 Å². The van der Waals surface area contributed by atoms with E-state index in [0.717, 1.165) is 19.4 Å². The van der Waals surface area contributed by atoms with Crippen molar-refractivity contribution in [1.82, 2.24) is 9.99 Å². The Morgan fingerprint density at radius 2 is 2.12 bits per heavy atom. The van der Waals surface area contributed by atoms with Crippen molar-refractivity contribution in [2.24, 2.45) is 17.5 Å². The van der Waals surface area contributed by atoms with E-state index in [2.05, 4.69) is 4.98 Å². The van der Waals surface area contributed by atoms with Crippen LogP contribution in [0.5, 0.6) is 5.88 Å². The van der Waals surface area contributed by atoms with Crippen molar-refractivity contribution in [3.05, 3.63) is 47.9 Å². The molecule has 0 saturated heterocycles. The van der Waals surface area contributed by atoms with Gasteiger partial charge in [-0.05, 0) is 30.9 Å². The Bertz CT molecular complexity index is 583. The Morgan fingerprint density at radius 3 is 2.67 bits per heavy atom. The van der Waals surface area contributed by atoms with Gasteiger partial charge in [-0.25, -0.2) is 9.99 Å². The van der Waals surface area contributed by atoms with Gasteiger partial charge in [-0.2, -0.15) is 13.2 Å². The normalized spacial score (nSPS) is 16.6. The van der Waals surface area contributed by atoms with E-state index in [1.54, 1.807) is 17.1 Å². The van der Waals surface area contributed by atoms with Crippen LogP contribution in [0.25, 0.3) is 0 Å². The summed E-state index contributed by atoms with van der Waals surface area (Å²) in [5.41, 5.74) is 4.32. The molecule has 0 aromatic carbocycles. The minimum absolute atomic E-state index is 0.0648. The summed E-state index contributed by atoms with van der Waals surface area (Å²) >= 11 is 0. The second-order valence-corrected chi connectivity index (χ2v) is 5.61. The van der Waals surface area contributed by atoms with Crippen molar-refractivity contribution in [1.29, 1.82) is 0 Å². The number of ether oxygens (including phenoxy) is 1. The number of nitrogens with two attached hydrogens (primary N) is 2. The van der Waals surface area contributed by atoms with Gasteiger partial charge in [0, 0.05) is 31.9 Å². The highest BCUT2D eigenvalue weighted by Gasteiger charge is 2.36. The third-order valence-electron chi connectivity index (χ3n) is 3.49. The van der Waals surface area contributed by atoms with Crippen molar-refractivity contribution >= 4 is 0 Å². The molecule has 1 aromatic rings. The minimum atomic E-state index is -4.58. The Labute approximate surface area is 138 Å². The van der Waals surface area contributed by atoms with Crippen LogP contribution >= 0.6 is 0 Å². The molecule has 8 heteroatoms.